The molecule has 0 spiro atoms. The van der Waals surface area contributed by atoms with E-state index < -0.39 is 10.0 Å². The van der Waals surface area contributed by atoms with Crippen molar-refractivity contribution in [3.63, 3.8) is 0 Å². The van der Waals surface area contributed by atoms with Crippen LogP contribution in [0.2, 0.25) is 0 Å². The summed E-state index contributed by atoms with van der Waals surface area (Å²) in [4.78, 5) is 32.9. The number of H-pyrrole nitrogens is 2. The summed E-state index contributed by atoms with van der Waals surface area (Å²) < 4.78 is 25.4. The predicted molar refractivity (Wildman–Crippen MR) is 151 cm³/mol. The molecule has 2 aromatic heterocycles. The molecule has 2 aromatic carbocycles. The van der Waals surface area contributed by atoms with Gasteiger partial charge in [0.05, 0.1) is 17.3 Å². The van der Waals surface area contributed by atoms with Gasteiger partial charge in [0.2, 0.25) is 27.9 Å². The monoisotopic (exact) mass is 540 g/mol. The van der Waals surface area contributed by atoms with Crippen LogP contribution in [-0.2, 0) is 10.0 Å². The van der Waals surface area contributed by atoms with Crippen molar-refractivity contribution in [2.45, 2.75) is 20.3 Å². The molecule has 0 aliphatic rings. The molecule has 202 valence electrons. The number of aromatic amines is 2. The number of nitrogens with zero attached hydrogens (tertiary/aromatic N) is 4. The Morgan fingerprint density at radius 1 is 0.816 bits per heavy atom. The molecule has 0 unspecified atom stereocenters. The Hall–Kier alpha value is -4.17. The third-order valence-corrected chi connectivity index (χ3v) is 6.29. The number of nitrogens with one attached hydrogen (secondary N) is 6. The fourth-order valence-corrected chi connectivity index (χ4v) is 4.38. The Kier molecular flexibility index (Phi) is 8.43. The molecule has 4 aromatic rings. The molecule has 4 rings (SSSR count). The van der Waals surface area contributed by atoms with Gasteiger partial charge < -0.3 is 30.8 Å². The summed E-state index contributed by atoms with van der Waals surface area (Å²) in [5.74, 6) is 1.01. The van der Waals surface area contributed by atoms with Crippen molar-refractivity contribution in [3.8, 4) is 0 Å². The minimum atomic E-state index is -3.37. The maximum Gasteiger partial charge on any atom is 0.323 e. The second-order valence-corrected chi connectivity index (χ2v) is 10.4. The maximum atomic E-state index is 11.6. The number of rotatable bonds is 13. The van der Waals surface area contributed by atoms with Gasteiger partial charge in [-0.1, -0.05) is 13.8 Å². The van der Waals surface area contributed by atoms with Gasteiger partial charge in [0, 0.05) is 23.6 Å². The maximum absolute atomic E-state index is 11.6. The van der Waals surface area contributed by atoms with E-state index in [1.807, 2.05) is 6.07 Å². The number of imidazole rings is 1. The Balaban J connectivity index is 1.53. The molecule has 2 heterocycles. The van der Waals surface area contributed by atoms with Crippen molar-refractivity contribution < 1.29 is 8.42 Å². The molecule has 0 bridgehead atoms. The third-order valence-electron chi connectivity index (χ3n) is 5.68. The molecule has 14 heteroatoms. The highest BCUT2D eigenvalue weighted by Crippen LogP contribution is 2.22. The summed E-state index contributed by atoms with van der Waals surface area (Å²) in [6, 6.07) is 12.1. The van der Waals surface area contributed by atoms with Crippen molar-refractivity contribution in [2.75, 3.05) is 53.1 Å². The second-order valence-electron chi connectivity index (χ2n) is 8.65. The first-order valence-corrected chi connectivity index (χ1v) is 14.2. The van der Waals surface area contributed by atoms with Crippen molar-refractivity contribution in [3.05, 3.63) is 52.9 Å². The van der Waals surface area contributed by atoms with E-state index >= 15 is 0 Å². The molecular formula is C24H32N10O3S. The van der Waals surface area contributed by atoms with Gasteiger partial charge in [-0.2, -0.15) is 15.0 Å². The average molecular weight is 541 g/mol. The van der Waals surface area contributed by atoms with Crippen molar-refractivity contribution in [1.82, 2.24) is 29.8 Å². The molecule has 6 N–H and O–H groups in total. The largest absolute Gasteiger partial charge is 0.354 e. The minimum Gasteiger partial charge on any atom is -0.354 e. The van der Waals surface area contributed by atoms with Crippen LogP contribution >= 0.6 is 0 Å². The third kappa shape index (κ3) is 7.66. The van der Waals surface area contributed by atoms with E-state index in [9.17, 15) is 13.2 Å². The van der Waals surface area contributed by atoms with Crippen LogP contribution in [0.4, 0.5) is 34.9 Å². The highest BCUT2D eigenvalue weighted by Gasteiger charge is 2.10. The lowest BCUT2D eigenvalue weighted by Crippen LogP contribution is -2.25. The van der Waals surface area contributed by atoms with Crippen LogP contribution < -0.4 is 26.4 Å². The molecule has 0 aliphatic carbocycles. The van der Waals surface area contributed by atoms with E-state index in [1.165, 1.54) is 0 Å². The molecule has 0 saturated heterocycles. The molecule has 0 radical (unpaired) electrons. The lowest BCUT2D eigenvalue weighted by atomic mass is 10.3. The van der Waals surface area contributed by atoms with Gasteiger partial charge >= 0.3 is 5.69 Å². The number of hydrogen-bond acceptors (Lipinski definition) is 10. The molecule has 0 atom stereocenters. The summed E-state index contributed by atoms with van der Waals surface area (Å²) >= 11 is 0. The van der Waals surface area contributed by atoms with Crippen molar-refractivity contribution in [1.29, 1.82) is 0 Å². The second kappa shape index (κ2) is 11.9. The first-order valence-electron chi connectivity index (χ1n) is 12.3. The summed E-state index contributed by atoms with van der Waals surface area (Å²) in [5, 5.41) is 9.58. The number of anilines is 6. The quantitative estimate of drug-likeness (QED) is 0.138. The van der Waals surface area contributed by atoms with E-state index in [4.69, 9.17) is 0 Å². The van der Waals surface area contributed by atoms with Gasteiger partial charge in [-0.15, -0.1) is 0 Å². The number of benzene rings is 2. The smallest absolute Gasteiger partial charge is 0.323 e. The zero-order chi connectivity index (χ0) is 27.1. The summed E-state index contributed by atoms with van der Waals surface area (Å²) in [5.41, 5.74) is 2.88. The highest BCUT2D eigenvalue weighted by atomic mass is 32.2. The molecule has 38 heavy (non-hydrogen) atoms. The lowest BCUT2D eigenvalue weighted by Gasteiger charge is -2.17. The van der Waals surface area contributed by atoms with Crippen molar-refractivity contribution in [2.24, 2.45) is 0 Å². The topological polar surface area (TPSA) is 173 Å². The number of fused-ring (bicyclic) bond motifs is 1. The number of hydrogen-bond donors (Lipinski definition) is 6. The first-order chi connectivity index (χ1) is 18.2. The van der Waals surface area contributed by atoms with E-state index in [0.717, 1.165) is 32.3 Å². The minimum absolute atomic E-state index is 0.280. The zero-order valence-corrected chi connectivity index (χ0v) is 22.3. The fraction of sp³-hybridized carbons (Fsp3) is 0.333. The van der Waals surface area contributed by atoms with Crippen LogP contribution in [0.5, 0.6) is 0 Å². The van der Waals surface area contributed by atoms with E-state index in [2.05, 4.69) is 64.3 Å². The van der Waals surface area contributed by atoms with Gasteiger partial charge in [-0.25, -0.2) is 13.2 Å². The molecule has 0 amide bonds. The van der Waals surface area contributed by atoms with E-state index in [1.54, 1.807) is 36.4 Å². The standard InChI is InChI=1S/C24H32N10O3S/c1-4-34(5-2)14-6-13-25-21-30-22(26-16-7-9-17(10-8-16)33-38(3,36)37)32-23(31-21)27-18-11-12-19-20(15-18)29-24(35)28-19/h7-12,15,33H,4-6,13-14H2,1-3H3,(H2,28,29,35)(H3,25,26,27,30,31,32). The predicted octanol–water partition coefficient (Wildman–Crippen LogP) is 3.04. The Morgan fingerprint density at radius 3 is 2.05 bits per heavy atom. The fourth-order valence-electron chi connectivity index (χ4n) is 3.81. The summed E-state index contributed by atoms with van der Waals surface area (Å²) in [6.07, 6.45) is 2.02. The summed E-state index contributed by atoms with van der Waals surface area (Å²) in [7, 11) is -3.37. The number of sulfonamides is 1. The van der Waals surface area contributed by atoms with Gasteiger partial charge in [0.25, 0.3) is 0 Å². The SMILES string of the molecule is CCN(CC)CCCNc1nc(Nc2ccc(NS(C)(=O)=O)cc2)nc(Nc2ccc3[nH]c(=O)[nH]c3c2)n1. The zero-order valence-electron chi connectivity index (χ0n) is 21.5. The molecular weight excluding hydrogens is 508 g/mol. The van der Waals surface area contributed by atoms with Gasteiger partial charge in [0.15, 0.2) is 0 Å². The van der Waals surface area contributed by atoms with Gasteiger partial charge in [-0.05, 0) is 68.5 Å². The van der Waals surface area contributed by atoms with Crippen LogP contribution in [0.1, 0.15) is 20.3 Å². The van der Waals surface area contributed by atoms with E-state index in [0.29, 0.717) is 52.5 Å². The number of aromatic nitrogens is 5. The lowest BCUT2D eigenvalue weighted by molar-refractivity contribution is 0.303. The Morgan fingerprint density at radius 2 is 1.39 bits per heavy atom. The van der Waals surface area contributed by atoms with Crippen LogP contribution in [0.25, 0.3) is 11.0 Å². The van der Waals surface area contributed by atoms with Gasteiger partial charge in [-0.3, -0.25) is 4.72 Å². The molecule has 13 nitrogen and oxygen atoms in total. The Labute approximate surface area is 220 Å². The molecule has 0 fully saturated rings. The van der Waals surface area contributed by atoms with Crippen LogP contribution in [0, 0.1) is 0 Å². The van der Waals surface area contributed by atoms with Crippen molar-refractivity contribution >= 4 is 56.0 Å². The van der Waals surface area contributed by atoms with E-state index in [-0.39, 0.29) is 5.69 Å². The molecule has 0 aliphatic heterocycles. The highest BCUT2D eigenvalue weighted by molar-refractivity contribution is 7.92. The van der Waals surface area contributed by atoms with Gasteiger partial charge in [0.1, 0.15) is 0 Å². The first kappa shape index (κ1) is 26.9. The van der Waals surface area contributed by atoms with Crippen LogP contribution in [0.15, 0.2) is 47.3 Å². The molecule has 0 saturated carbocycles. The Bertz CT molecular complexity index is 1530. The normalized spacial score (nSPS) is 11.6. The average Bonchev–Trinajstić information content (AvgIpc) is 3.24. The van der Waals surface area contributed by atoms with Crippen LogP contribution in [0.3, 0.4) is 0 Å². The summed E-state index contributed by atoms with van der Waals surface area (Å²) in [6.45, 7) is 7.93. The van der Waals surface area contributed by atoms with Crippen LogP contribution in [-0.4, -0.2) is 70.7 Å².